The molecule has 0 saturated heterocycles. The molecular formula is C15H10ClF2NO. The molecule has 0 heterocycles. The van der Waals surface area contributed by atoms with E-state index in [-0.39, 0.29) is 29.4 Å². The Hall–Kier alpha value is -2.12. The molecule has 102 valence electrons. The zero-order valence-electron chi connectivity index (χ0n) is 10.4. The van der Waals surface area contributed by atoms with Crippen molar-refractivity contribution in [2.75, 3.05) is 0 Å². The van der Waals surface area contributed by atoms with E-state index in [2.05, 4.69) is 0 Å². The van der Waals surface area contributed by atoms with Crippen LogP contribution in [0.5, 0.6) is 5.75 Å². The quantitative estimate of drug-likeness (QED) is 0.793. The van der Waals surface area contributed by atoms with Crippen molar-refractivity contribution in [1.29, 1.82) is 5.26 Å². The van der Waals surface area contributed by atoms with E-state index in [0.29, 0.717) is 5.56 Å². The molecule has 0 aliphatic heterocycles. The number of benzene rings is 2. The Bertz CT molecular complexity index is 667. The van der Waals surface area contributed by atoms with Crippen LogP contribution in [0.15, 0.2) is 36.4 Å². The minimum atomic E-state index is -0.554. The lowest BCUT2D eigenvalue weighted by atomic mass is 10.1. The van der Waals surface area contributed by atoms with E-state index in [9.17, 15) is 8.78 Å². The summed E-state index contributed by atoms with van der Waals surface area (Å²) in [5, 5.41) is 8.64. The van der Waals surface area contributed by atoms with E-state index in [4.69, 9.17) is 21.6 Å². The molecule has 0 saturated carbocycles. The number of hydrogen-bond acceptors (Lipinski definition) is 2. The Kier molecular flexibility index (Phi) is 4.54. The van der Waals surface area contributed by atoms with Crippen molar-refractivity contribution in [3.05, 3.63) is 64.7 Å². The van der Waals surface area contributed by atoms with Gasteiger partial charge in [-0.1, -0.05) is 12.1 Å². The van der Waals surface area contributed by atoms with Gasteiger partial charge in [-0.25, -0.2) is 8.78 Å². The molecule has 2 rings (SSSR count). The van der Waals surface area contributed by atoms with E-state index >= 15 is 0 Å². The number of nitrogens with zero attached hydrogens (tertiary/aromatic N) is 1. The minimum absolute atomic E-state index is 0.0302. The van der Waals surface area contributed by atoms with Gasteiger partial charge in [-0.05, 0) is 29.8 Å². The Balaban J connectivity index is 2.11. The Morgan fingerprint density at radius 3 is 2.50 bits per heavy atom. The molecule has 0 aliphatic carbocycles. The third-order valence-electron chi connectivity index (χ3n) is 2.72. The van der Waals surface area contributed by atoms with Crippen LogP contribution in [0.3, 0.4) is 0 Å². The van der Waals surface area contributed by atoms with Crippen LogP contribution in [0.25, 0.3) is 0 Å². The van der Waals surface area contributed by atoms with Gasteiger partial charge in [0.15, 0.2) is 11.6 Å². The average molecular weight is 294 g/mol. The average Bonchev–Trinajstić information content (AvgIpc) is 2.46. The van der Waals surface area contributed by atoms with E-state index in [1.54, 1.807) is 6.07 Å². The summed E-state index contributed by atoms with van der Waals surface area (Å²) < 4.78 is 32.5. The molecule has 2 nitrogen and oxygen atoms in total. The van der Waals surface area contributed by atoms with Gasteiger partial charge in [-0.2, -0.15) is 5.26 Å². The number of alkyl halides is 1. The Morgan fingerprint density at radius 1 is 1.10 bits per heavy atom. The lowest BCUT2D eigenvalue weighted by molar-refractivity contribution is 0.284. The Morgan fingerprint density at radius 2 is 1.90 bits per heavy atom. The minimum Gasteiger partial charge on any atom is -0.486 e. The molecule has 0 bridgehead atoms. The first-order valence-corrected chi connectivity index (χ1v) is 6.33. The summed E-state index contributed by atoms with van der Waals surface area (Å²) in [5.74, 6) is -0.858. The maximum atomic E-state index is 13.6. The highest BCUT2D eigenvalue weighted by Crippen LogP contribution is 2.21. The summed E-state index contributed by atoms with van der Waals surface area (Å²) >= 11 is 5.59. The van der Waals surface area contributed by atoms with E-state index in [0.717, 1.165) is 6.07 Å². The first-order valence-electron chi connectivity index (χ1n) is 5.79. The van der Waals surface area contributed by atoms with Crippen molar-refractivity contribution in [2.24, 2.45) is 0 Å². The van der Waals surface area contributed by atoms with Gasteiger partial charge in [0.1, 0.15) is 12.4 Å². The van der Waals surface area contributed by atoms with Gasteiger partial charge in [0.25, 0.3) is 0 Å². The van der Waals surface area contributed by atoms with Gasteiger partial charge in [0, 0.05) is 11.4 Å². The van der Waals surface area contributed by atoms with Crippen LogP contribution in [0.4, 0.5) is 8.78 Å². The molecule has 2 aromatic carbocycles. The molecule has 0 N–H and O–H groups in total. The summed E-state index contributed by atoms with van der Waals surface area (Å²) in [4.78, 5) is 0. The highest BCUT2D eigenvalue weighted by atomic mass is 35.5. The fourth-order valence-corrected chi connectivity index (χ4v) is 1.80. The third-order valence-corrected chi connectivity index (χ3v) is 3.02. The predicted octanol–water partition coefficient (Wildman–Crippen LogP) is 4.15. The van der Waals surface area contributed by atoms with Crippen molar-refractivity contribution in [2.45, 2.75) is 12.5 Å². The van der Waals surface area contributed by atoms with Crippen LogP contribution in [-0.2, 0) is 12.5 Å². The molecule has 0 aliphatic rings. The summed E-state index contributed by atoms with van der Waals surface area (Å²) in [6.07, 6.45) is 0. The second-order valence-electron chi connectivity index (χ2n) is 4.11. The molecule has 0 radical (unpaired) electrons. The molecule has 0 fully saturated rings. The Labute approximate surface area is 120 Å². The maximum absolute atomic E-state index is 13.6. The lowest BCUT2D eigenvalue weighted by Gasteiger charge is -2.09. The first kappa shape index (κ1) is 14.3. The van der Waals surface area contributed by atoms with Crippen molar-refractivity contribution in [1.82, 2.24) is 0 Å². The monoisotopic (exact) mass is 293 g/mol. The second-order valence-corrected chi connectivity index (χ2v) is 4.37. The fraction of sp³-hybridized carbons (Fsp3) is 0.133. The molecular weight excluding hydrogens is 284 g/mol. The van der Waals surface area contributed by atoms with Crippen LogP contribution < -0.4 is 4.74 Å². The normalized spacial score (nSPS) is 10.1. The highest BCUT2D eigenvalue weighted by Gasteiger charge is 2.08. The van der Waals surface area contributed by atoms with Gasteiger partial charge < -0.3 is 4.74 Å². The molecule has 0 amide bonds. The van der Waals surface area contributed by atoms with Crippen molar-refractivity contribution in [3.63, 3.8) is 0 Å². The number of ether oxygens (including phenoxy) is 1. The summed E-state index contributed by atoms with van der Waals surface area (Å²) in [6, 6.07) is 10.2. The number of nitriles is 1. The topological polar surface area (TPSA) is 33.0 Å². The molecule has 5 heteroatoms. The zero-order valence-corrected chi connectivity index (χ0v) is 11.1. The molecule has 0 aromatic heterocycles. The number of halogens is 3. The fourth-order valence-electron chi connectivity index (χ4n) is 1.63. The summed E-state index contributed by atoms with van der Waals surface area (Å²) in [7, 11) is 0. The number of rotatable bonds is 4. The first-order chi connectivity index (χ1) is 9.63. The molecule has 0 atom stereocenters. The van der Waals surface area contributed by atoms with E-state index < -0.39 is 11.6 Å². The summed E-state index contributed by atoms with van der Waals surface area (Å²) in [5.41, 5.74) is 1.12. The molecule has 0 spiro atoms. The van der Waals surface area contributed by atoms with Gasteiger partial charge in [0.2, 0.25) is 0 Å². The highest BCUT2D eigenvalue weighted by molar-refractivity contribution is 6.17. The van der Waals surface area contributed by atoms with E-state index in [1.807, 2.05) is 6.07 Å². The lowest BCUT2D eigenvalue weighted by Crippen LogP contribution is -2.00. The van der Waals surface area contributed by atoms with Gasteiger partial charge in [-0.3, -0.25) is 0 Å². The molecule has 2 aromatic rings. The van der Waals surface area contributed by atoms with Crippen molar-refractivity contribution < 1.29 is 13.5 Å². The largest absolute Gasteiger partial charge is 0.486 e. The predicted molar refractivity (Wildman–Crippen MR) is 71.4 cm³/mol. The molecule has 0 unspecified atom stereocenters. The van der Waals surface area contributed by atoms with Crippen LogP contribution in [0, 0.1) is 23.0 Å². The third kappa shape index (κ3) is 3.25. The SMILES string of the molecule is N#Cc1ccc(COc2ccc(CCl)cc2F)c(F)c1. The maximum Gasteiger partial charge on any atom is 0.165 e. The van der Waals surface area contributed by atoms with Crippen LogP contribution in [0.1, 0.15) is 16.7 Å². The van der Waals surface area contributed by atoms with Crippen molar-refractivity contribution in [3.8, 4) is 11.8 Å². The van der Waals surface area contributed by atoms with E-state index in [1.165, 1.54) is 24.3 Å². The van der Waals surface area contributed by atoms with Crippen LogP contribution in [0.2, 0.25) is 0 Å². The summed E-state index contributed by atoms with van der Waals surface area (Å²) in [6.45, 7) is -0.116. The smallest absolute Gasteiger partial charge is 0.165 e. The van der Waals surface area contributed by atoms with Gasteiger partial charge >= 0.3 is 0 Å². The standard InChI is InChI=1S/C15H10ClF2NO/c16-7-10-2-4-15(14(18)5-10)20-9-12-3-1-11(8-19)6-13(12)17/h1-6H,7,9H2. The van der Waals surface area contributed by atoms with Gasteiger partial charge in [0.05, 0.1) is 11.6 Å². The van der Waals surface area contributed by atoms with Crippen molar-refractivity contribution >= 4 is 11.6 Å². The van der Waals surface area contributed by atoms with Crippen LogP contribution in [-0.4, -0.2) is 0 Å². The van der Waals surface area contributed by atoms with Crippen LogP contribution >= 0.6 is 11.6 Å². The molecule has 20 heavy (non-hydrogen) atoms. The second kappa shape index (κ2) is 6.36. The van der Waals surface area contributed by atoms with Gasteiger partial charge in [-0.15, -0.1) is 11.6 Å². The number of hydrogen-bond donors (Lipinski definition) is 0. The zero-order chi connectivity index (χ0) is 14.5.